The van der Waals surface area contributed by atoms with Gasteiger partial charge in [-0.05, 0) is 19.4 Å². The maximum atomic E-state index is 13.7. The first-order valence-corrected chi connectivity index (χ1v) is 6.69. The quantitative estimate of drug-likeness (QED) is 0.762. The van der Waals surface area contributed by atoms with E-state index in [1.807, 2.05) is 13.0 Å². The van der Waals surface area contributed by atoms with Crippen molar-refractivity contribution < 1.29 is 14.2 Å². The maximum Gasteiger partial charge on any atom is 0.127 e. The number of nitrogens with one attached hydrogen (secondary N) is 1. The number of halogens is 1. The van der Waals surface area contributed by atoms with Crippen LogP contribution in [0.2, 0.25) is 0 Å². The fraction of sp³-hybridized carbons (Fsp3) is 0.600. The summed E-state index contributed by atoms with van der Waals surface area (Å²) in [6.45, 7) is 4.66. The van der Waals surface area contributed by atoms with Crippen molar-refractivity contribution in [2.75, 3.05) is 20.3 Å². The van der Waals surface area contributed by atoms with Crippen LogP contribution < -0.4 is 5.32 Å². The van der Waals surface area contributed by atoms with E-state index in [0.717, 1.165) is 6.42 Å². The van der Waals surface area contributed by atoms with E-state index in [9.17, 15) is 9.50 Å². The predicted octanol–water partition coefficient (Wildman–Crippen LogP) is 2.65. The number of hydrogen-bond donors (Lipinski definition) is 2. The Morgan fingerprint density at radius 3 is 2.68 bits per heavy atom. The zero-order chi connectivity index (χ0) is 14.3. The number of hydrogen-bond acceptors (Lipinski definition) is 3. The van der Waals surface area contributed by atoms with E-state index in [1.54, 1.807) is 26.2 Å². The summed E-state index contributed by atoms with van der Waals surface area (Å²) in [7, 11) is 1.61. The zero-order valence-corrected chi connectivity index (χ0v) is 11.9. The van der Waals surface area contributed by atoms with E-state index in [2.05, 4.69) is 5.32 Å². The second-order valence-electron chi connectivity index (χ2n) is 5.10. The highest BCUT2D eigenvalue weighted by Gasteiger charge is 2.22. The summed E-state index contributed by atoms with van der Waals surface area (Å²) in [6.07, 6.45) is 1.31. The third-order valence-corrected chi connectivity index (χ3v) is 3.26. The molecule has 0 aliphatic carbocycles. The molecular weight excluding hydrogens is 245 g/mol. The molecule has 2 unspecified atom stereocenters. The molecule has 108 valence electrons. The minimum Gasteiger partial charge on any atom is -0.389 e. The molecule has 0 heterocycles. The Morgan fingerprint density at radius 2 is 2.11 bits per heavy atom. The first-order chi connectivity index (χ1) is 9.00. The van der Waals surface area contributed by atoms with Crippen molar-refractivity contribution in [3.63, 3.8) is 0 Å². The van der Waals surface area contributed by atoms with Gasteiger partial charge in [-0.2, -0.15) is 0 Å². The van der Waals surface area contributed by atoms with Crippen molar-refractivity contribution in [1.29, 1.82) is 0 Å². The molecule has 2 atom stereocenters. The molecule has 2 N–H and O–H groups in total. The highest BCUT2D eigenvalue weighted by molar-refractivity contribution is 5.21. The molecule has 0 aliphatic rings. The molecule has 0 spiro atoms. The van der Waals surface area contributed by atoms with E-state index in [1.165, 1.54) is 6.07 Å². The largest absolute Gasteiger partial charge is 0.389 e. The number of methoxy groups -OCH3 is 1. The molecule has 4 heteroatoms. The van der Waals surface area contributed by atoms with Crippen LogP contribution in [0.1, 0.15) is 38.3 Å². The zero-order valence-electron chi connectivity index (χ0n) is 11.9. The molecule has 0 saturated heterocycles. The molecular formula is C15H24FNO2. The average Bonchev–Trinajstić information content (AvgIpc) is 2.39. The standard InChI is InChI=1S/C15H24FNO2/c1-4-14(12-7-5-6-8-13(12)16)17-11-15(2,18)9-10-19-3/h5-8,14,17-18H,4,9-11H2,1-3H3. The van der Waals surface area contributed by atoms with Gasteiger partial charge >= 0.3 is 0 Å². The summed E-state index contributed by atoms with van der Waals surface area (Å²) in [5, 5.41) is 13.4. The summed E-state index contributed by atoms with van der Waals surface area (Å²) in [6, 6.07) is 6.66. The Labute approximate surface area is 114 Å². The van der Waals surface area contributed by atoms with Crippen molar-refractivity contribution in [3.05, 3.63) is 35.6 Å². The van der Waals surface area contributed by atoms with Gasteiger partial charge in [0.05, 0.1) is 5.60 Å². The molecule has 1 rings (SSSR count). The lowest BCUT2D eigenvalue weighted by atomic mass is 9.99. The van der Waals surface area contributed by atoms with Crippen LogP contribution in [0.15, 0.2) is 24.3 Å². The highest BCUT2D eigenvalue weighted by Crippen LogP contribution is 2.20. The maximum absolute atomic E-state index is 13.7. The van der Waals surface area contributed by atoms with Crippen LogP contribution >= 0.6 is 0 Å². The Bertz CT molecular complexity index is 382. The SMILES string of the molecule is CCC(NCC(C)(O)CCOC)c1ccccc1F. The van der Waals surface area contributed by atoms with Crippen molar-refractivity contribution in [2.24, 2.45) is 0 Å². The third kappa shape index (κ3) is 5.27. The summed E-state index contributed by atoms with van der Waals surface area (Å²) in [4.78, 5) is 0. The predicted molar refractivity (Wildman–Crippen MR) is 74.6 cm³/mol. The summed E-state index contributed by atoms with van der Waals surface area (Å²) in [5.41, 5.74) is -0.207. The van der Waals surface area contributed by atoms with Gasteiger partial charge in [0.25, 0.3) is 0 Å². The minimum atomic E-state index is -0.852. The molecule has 0 bridgehead atoms. The van der Waals surface area contributed by atoms with E-state index in [4.69, 9.17) is 4.74 Å². The topological polar surface area (TPSA) is 41.5 Å². The van der Waals surface area contributed by atoms with Crippen LogP contribution in [-0.2, 0) is 4.74 Å². The number of ether oxygens (including phenoxy) is 1. The van der Waals surface area contributed by atoms with Crippen LogP contribution in [0, 0.1) is 5.82 Å². The van der Waals surface area contributed by atoms with E-state index < -0.39 is 5.60 Å². The third-order valence-electron chi connectivity index (χ3n) is 3.26. The van der Waals surface area contributed by atoms with Crippen LogP contribution in [0.3, 0.4) is 0 Å². The summed E-state index contributed by atoms with van der Waals surface area (Å²) >= 11 is 0. The first kappa shape index (κ1) is 16.1. The van der Waals surface area contributed by atoms with Gasteiger partial charge in [0, 0.05) is 38.3 Å². The summed E-state index contributed by atoms with van der Waals surface area (Å²) in [5.74, 6) is -0.210. The fourth-order valence-corrected chi connectivity index (χ4v) is 1.99. The van der Waals surface area contributed by atoms with Crippen molar-refractivity contribution in [1.82, 2.24) is 5.32 Å². The normalized spacial score (nSPS) is 16.1. The summed E-state index contributed by atoms with van der Waals surface area (Å²) < 4.78 is 18.7. The molecule has 19 heavy (non-hydrogen) atoms. The fourth-order valence-electron chi connectivity index (χ4n) is 1.99. The van der Waals surface area contributed by atoms with Crippen molar-refractivity contribution in [3.8, 4) is 0 Å². The minimum absolute atomic E-state index is 0.0878. The Balaban J connectivity index is 2.61. The van der Waals surface area contributed by atoms with Gasteiger partial charge in [0.2, 0.25) is 0 Å². The van der Waals surface area contributed by atoms with Gasteiger partial charge in [-0.1, -0.05) is 25.1 Å². The van der Waals surface area contributed by atoms with Gasteiger partial charge < -0.3 is 15.2 Å². The van der Waals surface area contributed by atoms with Gasteiger partial charge in [0.15, 0.2) is 0 Å². The average molecular weight is 269 g/mol. The second-order valence-corrected chi connectivity index (χ2v) is 5.10. The molecule has 0 amide bonds. The lowest BCUT2D eigenvalue weighted by Crippen LogP contribution is -2.40. The monoisotopic (exact) mass is 269 g/mol. The Hall–Kier alpha value is -0.970. The van der Waals surface area contributed by atoms with Gasteiger partial charge in [-0.15, -0.1) is 0 Å². The lowest BCUT2D eigenvalue weighted by molar-refractivity contribution is 0.0225. The highest BCUT2D eigenvalue weighted by atomic mass is 19.1. The molecule has 1 aromatic rings. The van der Waals surface area contributed by atoms with Crippen LogP contribution in [0.25, 0.3) is 0 Å². The molecule has 0 fully saturated rings. The van der Waals surface area contributed by atoms with Crippen molar-refractivity contribution >= 4 is 0 Å². The van der Waals surface area contributed by atoms with Crippen LogP contribution in [0.4, 0.5) is 4.39 Å². The lowest BCUT2D eigenvalue weighted by Gasteiger charge is -2.27. The molecule has 1 aromatic carbocycles. The smallest absolute Gasteiger partial charge is 0.127 e. The molecule has 0 saturated carbocycles. The van der Waals surface area contributed by atoms with E-state index in [-0.39, 0.29) is 11.9 Å². The van der Waals surface area contributed by atoms with Gasteiger partial charge in [0.1, 0.15) is 5.82 Å². The van der Waals surface area contributed by atoms with Crippen LogP contribution in [0.5, 0.6) is 0 Å². The van der Waals surface area contributed by atoms with Crippen LogP contribution in [-0.4, -0.2) is 31.0 Å². The molecule has 3 nitrogen and oxygen atoms in total. The number of benzene rings is 1. The molecule has 0 radical (unpaired) electrons. The second kappa shape index (κ2) is 7.58. The van der Waals surface area contributed by atoms with Crippen molar-refractivity contribution in [2.45, 2.75) is 38.3 Å². The Morgan fingerprint density at radius 1 is 1.42 bits per heavy atom. The molecule has 0 aliphatic heterocycles. The number of aliphatic hydroxyl groups is 1. The Kier molecular flexibility index (Phi) is 6.42. The molecule has 0 aromatic heterocycles. The van der Waals surface area contributed by atoms with E-state index in [0.29, 0.717) is 25.1 Å². The van der Waals surface area contributed by atoms with E-state index >= 15 is 0 Å². The first-order valence-electron chi connectivity index (χ1n) is 6.69. The van der Waals surface area contributed by atoms with Gasteiger partial charge in [-0.3, -0.25) is 0 Å². The number of rotatable bonds is 8. The van der Waals surface area contributed by atoms with Gasteiger partial charge in [-0.25, -0.2) is 4.39 Å².